The van der Waals surface area contributed by atoms with Crippen molar-refractivity contribution < 1.29 is 9.47 Å². The van der Waals surface area contributed by atoms with Crippen molar-refractivity contribution in [3.63, 3.8) is 0 Å². The summed E-state index contributed by atoms with van der Waals surface area (Å²) < 4.78 is 11.0. The van der Waals surface area contributed by atoms with Crippen molar-refractivity contribution in [3.8, 4) is 5.75 Å². The van der Waals surface area contributed by atoms with Gasteiger partial charge in [0.05, 0.1) is 6.61 Å². The minimum absolute atomic E-state index is 0.609. The quantitative estimate of drug-likeness (QED) is 0.759. The van der Waals surface area contributed by atoms with Gasteiger partial charge in [0.1, 0.15) is 12.4 Å². The Hall–Kier alpha value is -0.810. The molecular formula is C16H25ClN2O2. The van der Waals surface area contributed by atoms with Crippen molar-refractivity contribution in [2.45, 2.75) is 18.9 Å². The smallest absolute Gasteiger partial charge is 0.119 e. The van der Waals surface area contributed by atoms with E-state index in [-0.39, 0.29) is 0 Å². The van der Waals surface area contributed by atoms with Crippen LogP contribution in [0.5, 0.6) is 5.75 Å². The molecule has 118 valence electrons. The average Bonchev–Trinajstić information content (AvgIpc) is 2.99. The lowest BCUT2D eigenvalue weighted by Gasteiger charge is -2.25. The molecule has 1 aromatic carbocycles. The van der Waals surface area contributed by atoms with Gasteiger partial charge in [0.15, 0.2) is 0 Å². The van der Waals surface area contributed by atoms with Crippen LogP contribution < -0.4 is 10.1 Å². The van der Waals surface area contributed by atoms with Gasteiger partial charge in [-0.2, -0.15) is 0 Å². The summed E-state index contributed by atoms with van der Waals surface area (Å²) in [7, 11) is 1.75. The van der Waals surface area contributed by atoms with E-state index in [1.807, 2.05) is 24.3 Å². The summed E-state index contributed by atoms with van der Waals surface area (Å²) in [5, 5.41) is 4.27. The van der Waals surface area contributed by atoms with Gasteiger partial charge < -0.3 is 14.8 Å². The molecule has 1 fully saturated rings. The Morgan fingerprint density at radius 1 is 1.24 bits per heavy atom. The fourth-order valence-corrected chi connectivity index (χ4v) is 2.69. The second-order valence-corrected chi connectivity index (χ2v) is 5.83. The number of nitrogens with one attached hydrogen (secondary N) is 1. The minimum Gasteiger partial charge on any atom is -0.492 e. The number of rotatable bonds is 9. The van der Waals surface area contributed by atoms with Crippen LogP contribution in [0, 0.1) is 0 Å². The first kappa shape index (κ1) is 16.6. The topological polar surface area (TPSA) is 33.7 Å². The molecule has 1 aliphatic rings. The van der Waals surface area contributed by atoms with Crippen LogP contribution in [0.1, 0.15) is 12.8 Å². The zero-order valence-electron chi connectivity index (χ0n) is 12.7. The van der Waals surface area contributed by atoms with Crippen molar-refractivity contribution in [2.75, 3.05) is 46.5 Å². The third kappa shape index (κ3) is 6.22. The highest BCUT2D eigenvalue weighted by molar-refractivity contribution is 6.30. The SMILES string of the molecule is COCCN(CCOc1ccc(Cl)cc1)CC1CCCN1. The van der Waals surface area contributed by atoms with Gasteiger partial charge >= 0.3 is 0 Å². The van der Waals surface area contributed by atoms with Crippen molar-refractivity contribution in [1.29, 1.82) is 0 Å². The molecule has 0 bridgehead atoms. The summed E-state index contributed by atoms with van der Waals surface area (Å²) in [5.74, 6) is 0.866. The Labute approximate surface area is 132 Å². The number of methoxy groups -OCH3 is 1. The molecule has 1 N–H and O–H groups in total. The third-order valence-corrected chi connectivity index (χ3v) is 3.99. The normalized spacial score (nSPS) is 18.3. The molecular weight excluding hydrogens is 288 g/mol. The third-order valence-electron chi connectivity index (χ3n) is 3.74. The molecule has 0 aliphatic carbocycles. The van der Waals surface area contributed by atoms with E-state index in [4.69, 9.17) is 21.1 Å². The molecule has 1 saturated heterocycles. The van der Waals surface area contributed by atoms with Crippen molar-refractivity contribution in [1.82, 2.24) is 10.2 Å². The summed E-state index contributed by atoms with van der Waals surface area (Å²) in [4.78, 5) is 2.41. The fraction of sp³-hybridized carbons (Fsp3) is 0.625. The van der Waals surface area contributed by atoms with Gasteiger partial charge in [0.2, 0.25) is 0 Å². The lowest BCUT2D eigenvalue weighted by Crippen LogP contribution is -2.41. The maximum atomic E-state index is 5.86. The Morgan fingerprint density at radius 2 is 2.00 bits per heavy atom. The number of hydrogen-bond donors (Lipinski definition) is 1. The van der Waals surface area contributed by atoms with Crippen molar-refractivity contribution in [2.24, 2.45) is 0 Å². The average molecular weight is 313 g/mol. The standard InChI is InChI=1S/C16H25ClN2O2/c1-20-11-9-19(13-15-3-2-8-18-15)10-12-21-16-6-4-14(17)5-7-16/h4-7,15,18H,2-3,8-13H2,1H3. The summed E-state index contributed by atoms with van der Waals surface area (Å²) in [5.41, 5.74) is 0. The zero-order valence-corrected chi connectivity index (χ0v) is 13.4. The molecule has 2 rings (SSSR count). The van der Waals surface area contributed by atoms with Gasteiger partial charge in [-0.15, -0.1) is 0 Å². The van der Waals surface area contributed by atoms with E-state index in [9.17, 15) is 0 Å². The molecule has 0 aromatic heterocycles. The molecule has 1 heterocycles. The Kier molecular flexibility index (Phi) is 7.30. The second-order valence-electron chi connectivity index (χ2n) is 5.39. The molecule has 21 heavy (non-hydrogen) atoms. The van der Waals surface area contributed by atoms with Crippen LogP contribution in [0.15, 0.2) is 24.3 Å². The number of nitrogens with zero attached hydrogens (tertiary/aromatic N) is 1. The second kappa shape index (κ2) is 9.26. The van der Waals surface area contributed by atoms with E-state index in [1.165, 1.54) is 12.8 Å². The van der Waals surface area contributed by atoms with Crippen LogP contribution >= 0.6 is 11.6 Å². The molecule has 1 unspecified atom stereocenters. The largest absolute Gasteiger partial charge is 0.492 e. The molecule has 5 heteroatoms. The summed E-state index contributed by atoms with van der Waals surface area (Å²) >= 11 is 5.86. The van der Waals surface area contributed by atoms with Gasteiger partial charge in [0.25, 0.3) is 0 Å². The molecule has 1 atom stereocenters. The first-order chi connectivity index (χ1) is 10.3. The van der Waals surface area contributed by atoms with E-state index in [0.717, 1.165) is 43.6 Å². The van der Waals surface area contributed by atoms with Gasteiger partial charge in [-0.25, -0.2) is 0 Å². The predicted octanol–water partition coefficient (Wildman–Crippen LogP) is 2.42. The van der Waals surface area contributed by atoms with Gasteiger partial charge in [0, 0.05) is 37.8 Å². The summed E-state index contributed by atoms with van der Waals surface area (Å²) in [6.07, 6.45) is 2.55. The number of hydrogen-bond acceptors (Lipinski definition) is 4. The van der Waals surface area contributed by atoms with Gasteiger partial charge in [-0.3, -0.25) is 4.90 Å². The van der Waals surface area contributed by atoms with Crippen LogP contribution in [-0.2, 0) is 4.74 Å². The number of halogens is 1. The lowest BCUT2D eigenvalue weighted by atomic mass is 10.2. The molecule has 0 radical (unpaired) electrons. The van der Waals surface area contributed by atoms with Crippen molar-refractivity contribution >= 4 is 11.6 Å². The van der Waals surface area contributed by atoms with E-state index in [2.05, 4.69) is 10.2 Å². The summed E-state index contributed by atoms with van der Waals surface area (Å²) in [6.45, 7) is 5.49. The minimum atomic E-state index is 0.609. The predicted molar refractivity (Wildman–Crippen MR) is 86.3 cm³/mol. The van der Waals surface area contributed by atoms with Crippen LogP contribution in [0.3, 0.4) is 0 Å². The highest BCUT2D eigenvalue weighted by Crippen LogP contribution is 2.15. The van der Waals surface area contributed by atoms with Gasteiger partial charge in [-0.05, 0) is 43.7 Å². The maximum absolute atomic E-state index is 5.86. The first-order valence-corrected chi connectivity index (χ1v) is 7.99. The monoisotopic (exact) mass is 312 g/mol. The first-order valence-electron chi connectivity index (χ1n) is 7.61. The lowest BCUT2D eigenvalue weighted by molar-refractivity contribution is 0.129. The van der Waals surface area contributed by atoms with Crippen LogP contribution in [0.2, 0.25) is 5.02 Å². The zero-order chi connectivity index (χ0) is 14.9. The Balaban J connectivity index is 1.73. The fourth-order valence-electron chi connectivity index (χ4n) is 2.56. The van der Waals surface area contributed by atoms with Crippen LogP contribution in [0.4, 0.5) is 0 Å². The number of ether oxygens (including phenoxy) is 2. The van der Waals surface area contributed by atoms with Crippen LogP contribution in [0.25, 0.3) is 0 Å². The highest BCUT2D eigenvalue weighted by atomic mass is 35.5. The Bertz CT molecular complexity index is 394. The van der Waals surface area contributed by atoms with E-state index in [1.54, 1.807) is 7.11 Å². The summed E-state index contributed by atoms with van der Waals surface area (Å²) in [6, 6.07) is 8.11. The van der Waals surface area contributed by atoms with E-state index < -0.39 is 0 Å². The molecule has 1 aromatic rings. The molecule has 4 nitrogen and oxygen atoms in total. The maximum Gasteiger partial charge on any atom is 0.119 e. The number of benzene rings is 1. The van der Waals surface area contributed by atoms with E-state index >= 15 is 0 Å². The Morgan fingerprint density at radius 3 is 2.67 bits per heavy atom. The van der Waals surface area contributed by atoms with Crippen molar-refractivity contribution in [3.05, 3.63) is 29.3 Å². The van der Waals surface area contributed by atoms with Crippen LogP contribution in [-0.4, -0.2) is 57.4 Å². The molecule has 0 spiro atoms. The molecule has 0 amide bonds. The highest BCUT2D eigenvalue weighted by Gasteiger charge is 2.17. The molecule has 1 aliphatic heterocycles. The molecule has 0 saturated carbocycles. The van der Waals surface area contributed by atoms with E-state index in [0.29, 0.717) is 12.6 Å². The van der Waals surface area contributed by atoms with Gasteiger partial charge in [-0.1, -0.05) is 11.6 Å².